The smallest absolute Gasteiger partial charge is 0.294 e. The van der Waals surface area contributed by atoms with Crippen LogP contribution in [0.5, 0.6) is 0 Å². The molecule has 5 nitrogen and oxygen atoms in total. The second-order valence-corrected chi connectivity index (χ2v) is 2.84. The summed E-state index contributed by atoms with van der Waals surface area (Å²) in [5.41, 5.74) is 0. The van der Waals surface area contributed by atoms with Gasteiger partial charge in [-0.2, -0.15) is 0 Å². The first-order chi connectivity index (χ1) is 4.68. The van der Waals surface area contributed by atoms with E-state index in [0.29, 0.717) is 0 Å². The van der Waals surface area contributed by atoms with Gasteiger partial charge < -0.3 is 0 Å². The average molecular weight is 169 g/mol. The molecule has 58 valence electrons. The summed E-state index contributed by atoms with van der Waals surface area (Å²) in [7, 11) is -2.89. The molecule has 0 heterocycles. The maximum atomic E-state index is 11.3. The summed E-state index contributed by atoms with van der Waals surface area (Å²) in [6.45, 7) is -1.32. The third-order valence-electron chi connectivity index (χ3n) is 0.606. The minimum atomic E-state index is -3.87. The molecule has 0 aromatic rings. The summed E-state index contributed by atoms with van der Waals surface area (Å²) < 4.78 is 32.6. The van der Waals surface area contributed by atoms with Crippen LogP contribution in [0.2, 0.25) is 0 Å². The van der Waals surface area contributed by atoms with Crippen LogP contribution in [0.4, 0.5) is 4.39 Å². The van der Waals surface area contributed by atoms with E-state index in [9.17, 15) is 13.8 Å². The van der Waals surface area contributed by atoms with Crippen molar-refractivity contribution in [1.29, 1.82) is 0 Å². The molecule has 0 aliphatic carbocycles. The minimum Gasteiger partial charge on any atom is -0.294 e. The van der Waals surface area contributed by atoms with Gasteiger partial charge in [0, 0.05) is 7.11 Å². The van der Waals surface area contributed by atoms with Crippen molar-refractivity contribution in [3.8, 4) is 0 Å². The third kappa shape index (κ3) is 2.85. The predicted octanol–water partition coefficient (Wildman–Crippen LogP) is 1.02. The Hall–Kier alpha value is -0.540. The zero-order chi connectivity index (χ0) is 8.04. The topological polar surface area (TPSA) is 65.0 Å². The van der Waals surface area contributed by atoms with E-state index in [4.69, 9.17) is 0 Å². The molecule has 0 bridgehead atoms. The van der Waals surface area contributed by atoms with Gasteiger partial charge in [0.25, 0.3) is 0 Å². The molecule has 1 atom stereocenters. The average Bonchev–Trinajstić information content (AvgIpc) is 1.89. The Bertz CT molecular complexity index is 189. The lowest BCUT2D eigenvalue weighted by Crippen LogP contribution is -1.87. The van der Waals surface area contributed by atoms with Crippen LogP contribution in [0.25, 0.3) is 0 Å². The number of halogens is 1. The molecule has 10 heavy (non-hydrogen) atoms. The van der Waals surface area contributed by atoms with E-state index in [-0.39, 0.29) is 0 Å². The van der Waals surface area contributed by atoms with Crippen LogP contribution < -0.4 is 0 Å². The lowest BCUT2D eigenvalue weighted by molar-refractivity contribution is 0.157. The van der Waals surface area contributed by atoms with E-state index in [2.05, 4.69) is 13.8 Å². The van der Waals surface area contributed by atoms with Gasteiger partial charge in [-0.05, 0) is 0 Å². The SMILES string of the molecule is COP(=O)(N=C=O)OCF. The Kier molecular flexibility index (Phi) is 4.07. The number of carbonyl (C=O) groups excluding carboxylic acids is 1. The Morgan fingerprint density at radius 1 is 1.80 bits per heavy atom. The second kappa shape index (κ2) is 4.30. The van der Waals surface area contributed by atoms with Crippen LogP contribution in [0.15, 0.2) is 4.76 Å². The zero-order valence-electron chi connectivity index (χ0n) is 5.11. The van der Waals surface area contributed by atoms with Gasteiger partial charge in [-0.15, -0.1) is 0 Å². The van der Waals surface area contributed by atoms with Crippen LogP contribution in [-0.4, -0.2) is 20.1 Å². The largest absolute Gasteiger partial charge is 0.466 e. The van der Waals surface area contributed by atoms with Gasteiger partial charge in [-0.1, -0.05) is 4.76 Å². The second-order valence-electron chi connectivity index (χ2n) is 1.08. The van der Waals surface area contributed by atoms with Gasteiger partial charge in [0.1, 0.15) is 0 Å². The molecular weight excluding hydrogens is 164 g/mol. The molecule has 0 spiro atoms. The summed E-state index contributed by atoms with van der Waals surface area (Å²) in [4.78, 5) is 9.51. The summed E-state index contributed by atoms with van der Waals surface area (Å²) >= 11 is 0. The maximum Gasteiger partial charge on any atom is 0.466 e. The predicted molar refractivity (Wildman–Crippen MR) is 29.8 cm³/mol. The molecule has 1 unspecified atom stereocenters. The summed E-state index contributed by atoms with van der Waals surface area (Å²) in [5, 5.41) is 0. The third-order valence-corrected chi connectivity index (χ3v) is 1.82. The molecule has 0 amide bonds. The van der Waals surface area contributed by atoms with E-state index < -0.39 is 14.6 Å². The van der Waals surface area contributed by atoms with Crippen molar-refractivity contribution >= 4 is 13.8 Å². The van der Waals surface area contributed by atoms with Crippen molar-refractivity contribution in [1.82, 2.24) is 0 Å². The van der Waals surface area contributed by atoms with Crippen LogP contribution in [0.1, 0.15) is 0 Å². The fourth-order valence-electron chi connectivity index (χ4n) is 0.234. The first-order valence-corrected chi connectivity index (χ1v) is 3.64. The fraction of sp³-hybridized carbons (Fsp3) is 0.667. The normalized spacial score (nSPS) is 15.4. The van der Waals surface area contributed by atoms with Crippen LogP contribution in [0.3, 0.4) is 0 Å². The van der Waals surface area contributed by atoms with Gasteiger partial charge >= 0.3 is 7.75 Å². The molecule has 0 aromatic heterocycles. The summed E-state index contributed by atoms with van der Waals surface area (Å²) in [6, 6.07) is 0. The Labute approximate surface area is 56.4 Å². The highest BCUT2D eigenvalue weighted by Crippen LogP contribution is 2.48. The lowest BCUT2D eigenvalue weighted by atomic mass is 11.6. The molecule has 0 aliphatic heterocycles. The minimum absolute atomic E-state index is 0.939. The highest BCUT2D eigenvalue weighted by molar-refractivity contribution is 7.52. The number of rotatable bonds is 4. The van der Waals surface area contributed by atoms with Crippen molar-refractivity contribution < 1.29 is 22.8 Å². The highest BCUT2D eigenvalue weighted by atomic mass is 31.2. The van der Waals surface area contributed by atoms with Crippen molar-refractivity contribution in [2.45, 2.75) is 0 Å². The van der Waals surface area contributed by atoms with E-state index in [1.807, 2.05) is 0 Å². The molecule has 0 rings (SSSR count). The number of hydrogen-bond acceptors (Lipinski definition) is 4. The quantitative estimate of drug-likeness (QED) is 0.358. The molecule has 7 heteroatoms. The van der Waals surface area contributed by atoms with Crippen LogP contribution >= 0.6 is 7.75 Å². The van der Waals surface area contributed by atoms with Gasteiger partial charge in [0.15, 0.2) is 6.86 Å². The molecule has 0 saturated heterocycles. The van der Waals surface area contributed by atoms with Gasteiger partial charge in [-0.3, -0.25) is 9.05 Å². The number of isocyanates is 1. The number of hydrogen-bond donors (Lipinski definition) is 0. The molecule has 0 fully saturated rings. The van der Waals surface area contributed by atoms with E-state index in [1.54, 1.807) is 0 Å². The first kappa shape index (κ1) is 9.46. The standard InChI is InChI=1S/C3H5FNO4P/c1-8-10(7,5-3-6)9-2-4/h2H2,1H3. The van der Waals surface area contributed by atoms with E-state index in [0.717, 1.165) is 13.2 Å². The van der Waals surface area contributed by atoms with E-state index in [1.165, 1.54) is 0 Å². The van der Waals surface area contributed by atoms with Crippen molar-refractivity contribution in [3.63, 3.8) is 0 Å². The molecule has 0 aromatic carbocycles. The molecule has 0 aliphatic rings. The lowest BCUT2D eigenvalue weighted by Gasteiger charge is -2.04. The van der Waals surface area contributed by atoms with E-state index >= 15 is 0 Å². The number of alkyl halides is 1. The highest BCUT2D eigenvalue weighted by Gasteiger charge is 2.21. The van der Waals surface area contributed by atoms with Gasteiger partial charge in [0.2, 0.25) is 6.08 Å². The van der Waals surface area contributed by atoms with Crippen LogP contribution in [0, 0.1) is 0 Å². The summed E-state index contributed by atoms with van der Waals surface area (Å²) in [5.74, 6) is 0. The Morgan fingerprint density at radius 2 is 2.40 bits per heavy atom. The first-order valence-electron chi connectivity index (χ1n) is 2.14. The van der Waals surface area contributed by atoms with Gasteiger partial charge in [-0.25, -0.2) is 13.8 Å². The zero-order valence-corrected chi connectivity index (χ0v) is 6.01. The van der Waals surface area contributed by atoms with Crippen molar-refractivity contribution in [2.24, 2.45) is 4.76 Å². The summed E-state index contributed by atoms with van der Waals surface area (Å²) in [6.07, 6.45) is 0.939. The molecule has 0 N–H and O–H groups in total. The molecule has 0 saturated carbocycles. The van der Waals surface area contributed by atoms with Crippen LogP contribution in [-0.2, 0) is 18.4 Å². The molecular formula is C3H5FNO4P. The van der Waals surface area contributed by atoms with Crippen molar-refractivity contribution in [2.75, 3.05) is 14.0 Å². The van der Waals surface area contributed by atoms with Gasteiger partial charge in [0.05, 0.1) is 0 Å². The monoisotopic (exact) mass is 169 g/mol. The van der Waals surface area contributed by atoms with Crippen molar-refractivity contribution in [3.05, 3.63) is 0 Å². The Balaban J connectivity index is 4.23. The number of nitrogens with zero attached hydrogens (tertiary/aromatic N) is 1. The fourth-order valence-corrected chi connectivity index (χ4v) is 0.702. The Morgan fingerprint density at radius 3 is 2.70 bits per heavy atom. The molecule has 0 radical (unpaired) electrons. The maximum absolute atomic E-state index is 11.3.